The monoisotopic (exact) mass is 286 g/mol. The third-order valence-corrected chi connectivity index (χ3v) is 4.86. The van der Waals surface area contributed by atoms with Gasteiger partial charge in [-0.1, -0.05) is 35.5 Å². The van der Waals surface area contributed by atoms with E-state index in [1.165, 1.54) is 0 Å². The van der Waals surface area contributed by atoms with E-state index in [0.717, 1.165) is 10.8 Å². The minimum Gasteiger partial charge on any atom is -0.376 e. The molecule has 0 N–H and O–H groups in total. The van der Waals surface area contributed by atoms with E-state index in [2.05, 4.69) is 5.16 Å². The fourth-order valence-electron chi connectivity index (χ4n) is 2.05. The first-order valence-electron chi connectivity index (χ1n) is 5.97. The Morgan fingerprint density at radius 2 is 1.95 bits per heavy atom. The maximum absolute atomic E-state index is 12.4. The van der Waals surface area contributed by atoms with Gasteiger partial charge in [-0.3, -0.25) is 0 Å². The van der Waals surface area contributed by atoms with E-state index in [1.54, 1.807) is 18.2 Å². The number of fused-ring (bicyclic) bond motifs is 1. The smallest absolute Gasteiger partial charge is 0.223 e. The molecule has 1 atom stereocenters. The molecule has 0 fully saturated rings. The van der Waals surface area contributed by atoms with Crippen LogP contribution < -0.4 is 0 Å². The molecule has 0 aliphatic carbocycles. The lowest BCUT2D eigenvalue weighted by atomic mass is 10.1. The Bertz CT molecular complexity index is 850. The molecule has 0 spiro atoms. The Morgan fingerprint density at radius 3 is 2.65 bits per heavy atom. The van der Waals surface area contributed by atoms with E-state index in [-0.39, 0.29) is 16.4 Å². The van der Waals surface area contributed by atoms with Gasteiger partial charge in [-0.05, 0) is 22.9 Å². The van der Waals surface area contributed by atoms with Crippen molar-refractivity contribution in [1.29, 1.82) is 5.26 Å². The largest absolute Gasteiger partial charge is 0.376 e. The molecule has 20 heavy (non-hydrogen) atoms. The fraction of sp³-hybridized carbons (Fsp3) is 0.143. The average molecular weight is 286 g/mol. The molecule has 5 nitrogen and oxygen atoms in total. The van der Waals surface area contributed by atoms with Crippen LogP contribution in [0.4, 0.5) is 0 Å². The zero-order valence-corrected chi connectivity index (χ0v) is 11.2. The van der Waals surface area contributed by atoms with Crippen molar-refractivity contribution >= 4 is 25.7 Å². The van der Waals surface area contributed by atoms with Crippen molar-refractivity contribution in [3.05, 3.63) is 42.5 Å². The van der Waals surface area contributed by atoms with Crippen molar-refractivity contribution in [3.63, 3.8) is 0 Å². The normalized spacial score (nSPS) is 18.4. The molecular weight excluding hydrogens is 276 g/mol. The summed E-state index contributed by atoms with van der Waals surface area (Å²) in [6.07, 6.45) is -0.828. The Labute approximate surface area is 116 Å². The summed E-state index contributed by atoms with van der Waals surface area (Å²) in [6.45, 7) is 0. The van der Waals surface area contributed by atoms with E-state index in [4.69, 9.17) is 10.1 Å². The van der Waals surface area contributed by atoms with Gasteiger partial charge in [0, 0.05) is 0 Å². The quantitative estimate of drug-likeness (QED) is 0.805. The summed E-state index contributed by atoms with van der Waals surface area (Å²) in [5.41, 5.74) is 0. The molecule has 0 saturated carbocycles. The highest BCUT2D eigenvalue weighted by Crippen LogP contribution is 2.24. The number of nitrogens with zero attached hydrogens (tertiary/aromatic N) is 2. The zero-order chi connectivity index (χ0) is 14.2. The molecule has 1 heterocycles. The number of oxime groups is 1. The molecule has 0 radical (unpaired) electrons. The van der Waals surface area contributed by atoms with Crippen LogP contribution in [0.3, 0.4) is 0 Å². The minimum absolute atomic E-state index is 0.00827. The molecule has 0 bridgehead atoms. The summed E-state index contributed by atoms with van der Waals surface area (Å²) in [5, 5.41) is 13.9. The van der Waals surface area contributed by atoms with Gasteiger partial charge in [0.1, 0.15) is 6.07 Å². The number of hydrogen-bond acceptors (Lipinski definition) is 5. The molecule has 3 rings (SSSR count). The number of benzene rings is 2. The van der Waals surface area contributed by atoms with Crippen LogP contribution in [0, 0.1) is 11.3 Å². The van der Waals surface area contributed by atoms with Crippen LogP contribution >= 0.6 is 0 Å². The van der Waals surface area contributed by atoms with Crippen molar-refractivity contribution in [2.75, 3.05) is 0 Å². The van der Waals surface area contributed by atoms with Crippen LogP contribution in [0.2, 0.25) is 0 Å². The maximum Gasteiger partial charge on any atom is 0.223 e. The lowest BCUT2D eigenvalue weighted by molar-refractivity contribution is 0.125. The van der Waals surface area contributed by atoms with Crippen molar-refractivity contribution < 1.29 is 13.3 Å². The SMILES string of the molecule is N#CC1CC(S(=O)(=O)c2ccc3ccccc3c2)=NO1. The van der Waals surface area contributed by atoms with Crippen LogP contribution in [0.25, 0.3) is 10.8 Å². The highest BCUT2D eigenvalue weighted by molar-refractivity contribution is 8.06. The second kappa shape index (κ2) is 4.62. The number of hydrogen-bond donors (Lipinski definition) is 0. The highest BCUT2D eigenvalue weighted by atomic mass is 32.2. The second-order valence-electron chi connectivity index (χ2n) is 4.42. The standard InChI is InChI=1S/C14H10N2O3S/c15-9-12-8-14(16-19-12)20(17,18)13-6-5-10-3-1-2-4-11(10)7-13/h1-7,12H,8H2. The predicted molar refractivity (Wildman–Crippen MR) is 73.7 cm³/mol. The third-order valence-electron chi connectivity index (χ3n) is 3.13. The van der Waals surface area contributed by atoms with Crippen LogP contribution in [-0.4, -0.2) is 19.6 Å². The number of rotatable bonds is 1. The van der Waals surface area contributed by atoms with E-state index >= 15 is 0 Å². The molecule has 6 heteroatoms. The Balaban J connectivity index is 2.04. The Hall–Kier alpha value is -2.39. The van der Waals surface area contributed by atoms with Gasteiger partial charge in [0.25, 0.3) is 0 Å². The van der Waals surface area contributed by atoms with Gasteiger partial charge in [-0.2, -0.15) is 5.26 Å². The summed E-state index contributed by atoms with van der Waals surface area (Å²) in [6, 6.07) is 14.2. The van der Waals surface area contributed by atoms with Crippen molar-refractivity contribution in [2.45, 2.75) is 17.4 Å². The lowest BCUT2D eigenvalue weighted by Gasteiger charge is -2.04. The van der Waals surface area contributed by atoms with Gasteiger partial charge in [0.15, 0.2) is 5.04 Å². The van der Waals surface area contributed by atoms with E-state index < -0.39 is 15.9 Å². The maximum atomic E-state index is 12.4. The molecule has 0 saturated heterocycles. The lowest BCUT2D eigenvalue weighted by Crippen LogP contribution is -2.15. The number of nitriles is 1. The first-order valence-corrected chi connectivity index (χ1v) is 7.46. The van der Waals surface area contributed by atoms with E-state index in [9.17, 15) is 8.42 Å². The van der Waals surface area contributed by atoms with Gasteiger partial charge in [0.05, 0.1) is 11.3 Å². The molecule has 0 aromatic heterocycles. The molecule has 2 aromatic carbocycles. The summed E-state index contributed by atoms with van der Waals surface area (Å²) >= 11 is 0. The molecule has 1 unspecified atom stereocenters. The fourth-order valence-corrected chi connectivity index (χ4v) is 3.37. The molecule has 1 aliphatic rings. The topological polar surface area (TPSA) is 79.5 Å². The highest BCUT2D eigenvalue weighted by Gasteiger charge is 2.31. The molecule has 1 aliphatic heterocycles. The van der Waals surface area contributed by atoms with Crippen molar-refractivity contribution in [1.82, 2.24) is 0 Å². The van der Waals surface area contributed by atoms with Crippen molar-refractivity contribution in [3.8, 4) is 6.07 Å². The molecule has 2 aromatic rings. The van der Waals surface area contributed by atoms with Crippen LogP contribution in [0.1, 0.15) is 6.42 Å². The van der Waals surface area contributed by atoms with Gasteiger partial charge in [-0.15, -0.1) is 0 Å². The van der Waals surface area contributed by atoms with Gasteiger partial charge >= 0.3 is 0 Å². The van der Waals surface area contributed by atoms with Crippen molar-refractivity contribution in [2.24, 2.45) is 5.16 Å². The Morgan fingerprint density at radius 1 is 1.20 bits per heavy atom. The van der Waals surface area contributed by atoms with E-state index in [0.29, 0.717) is 0 Å². The summed E-state index contributed by atoms with van der Waals surface area (Å²) < 4.78 is 24.8. The molecule has 0 amide bonds. The molecule has 100 valence electrons. The van der Waals surface area contributed by atoms with Gasteiger partial charge < -0.3 is 4.84 Å². The summed E-state index contributed by atoms with van der Waals surface area (Å²) in [5.74, 6) is 0. The predicted octanol–water partition coefficient (Wildman–Crippen LogP) is 2.24. The zero-order valence-electron chi connectivity index (χ0n) is 10.4. The van der Waals surface area contributed by atoms with Crippen LogP contribution in [0.15, 0.2) is 52.5 Å². The second-order valence-corrected chi connectivity index (χ2v) is 6.37. The number of sulfone groups is 1. The van der Waals surface area contributed by atoms with Gasteiger partial charge in [-0.25, -0.2) is 8.42 Å². The van der Waals surface area contributed by atoms with E-state index in [1.807, 2.05) is 30.3 Å². The van der Waals surface area contributed by atoms with Crippen LogP contribution in [-0.2, 0) is 14.7 Å². The summed E-state index contributed by atoms with van der Waals surface area (Å²) in [7, 11) is -3.70. The van der Waals surface area contributed by atoms with Gasteiger partial charge in [0.2, 0.25) is 15.9 Å². The average Bonchev–Trinajstić information content (AvgIpc) is 2.96. The summed E-state index contributed by atoms with van der Waals surface area (Å²) in [4.78, 5) is 4.92. The first-order chi connectivity index (χ1) is 9.61. The third kappa shape index (κ3) is 2.02. The van der Waals surface area contributed by atoms with Crippen LogP contribution in [0.5, 0.6) is 0 Å². The molecular formula is C14H10N2O3S. The first kappa shape index (κ1) is 12.6. The Kier molecular flexibility index (Phi) is 2.92. The minimum atomic E-state index is -3.70.